The van der Waals surface area contributed by atoms with Gasteiger partial charge in [0, 0.05) is 49.4 Å². The maximum atomic E-state index is 11.3. The van der Waals surface area contributed by atoms with Crippen LogP contribution in [0.5, 0.6) is 0 Å². The number of anilines is 1. The summed E-state index contributed by atoms with van der Waals surface area (Å²) in [7, 11) is 0. The van der Waals surface area contributed by atoms with E-state index in [1.807, 2.05) is 18.7 Å². The molecule has 0 amide bonds. The monoisotopic (exact) mass is 350 g/mol. The number of aromatic nitrogens is 1. The maximum absolute atomic E-state index is 11.3. The molecule has 3 rings (SSSR count). The number of aryl methyl sites for hydroxylation is 2. The Kier molecular flexibility index (Phi) is 4.73. The largest absolute Gasteiger partial charge is 0.363 e. The summed E-state index contributed by atoms with van der Waals surface area (Å²) in [5, 5.41) is 15.6. The summed E-state index contributed by atoms with van der Waals surface area (Å²) in [5.41, 5.74) is 2.73. The summed E-state index contributed by atoms with van der Waals surface area (Å²) in [6.45, 7) is 7.75. The van der Waals surface area contributed by atoms with Crippen molar-refractivity contribution in [1.82, 2.24) is 10.1 Å². The van der Waals surface area contributed by atoms with E-state index < -0.39 is 0 Å². The molecule has 0 aliphatic carbocycles. The van der Waals surface area contributed by atoms with Crippen LogP contribution in [0.15, 0.2) is 22.7 Å². The molecule has 0 saturated carbocycles. The van der Waals surface area contributed by atoms with Gasteiger partial charge >= 0.3 is 0 Å². The summed E-state index contributed by atoms with van der Waals surface area (Å²) in [4.78, 5) is 15.2. The lowest BCUT2D eigenvalue weighted by molar-refractivity contribution is -0.384. The number of piperazine rings is 1. The number of halogens is 1. The van der Waals surface area contributed by atoms with E-state index in [4.69, 9.17) is 16.1 Å². The van der Waals surface area contributed by atoms with Crippen LogP contribution in [0, 0.1) is 24.0 Å². The fourth-order valence-corrected chi connectivity index (χ4v) is 3.17. The van der Waals surface area contributed by atoms with Crippen molar-refractivity contribution in [2.75, 3.05) is 31.1 Å². The molecule has 1 aromatic heterocycles. The van der Waals surface area contributed by atoms with Crippen LogP contribution in [-0.2, 0) is 6.54 Å². The molecule has 0 radical (unpaired) electrons. The van der Waals surface area contributed by atoms with Gasteiger partial charge in [0.1, 0.15) is 11.4 Å². The predicted octanol–water partition coefficient (Wildman–Crippen LogP) is 3.18. The fourth-order valence-electron chi connectivity index (χ4n) is 3.01. The Bertz CT molecular complexity index is 734. The van der Waals surface area contributed by atoms with Gasteiger partial charge < -0.3 is 9.42 Å². The highest BCUT2D eigenvalue weighted by atomic mass is 35.5. The number of benzene rings is 1. The van der Waals surface area contributed by atoms with Gasteiger partial charge in [0.15, 0.2) is 0 Å². The van der Waals surface area contributed by atoms with Gasteiger partial charge in [0.2, 0.25) is 0 Å². The van der Waals surface area contributed by atoms with E-state index in [2.05, 4.69) is 10.1 Å². The molecule has 8 heteroatoms. The van der Waals surface area contributed by atoms with Crippen molar-refractivity contribution in [1.29, 1.82) is 0 Å². The topological polar surface area (TPSA) is 75.7 Å². The van der Waals surface area contributed by atoms with E-state index in [0.29, 0.717) is 10.7 Å². The number of rotatable bonds is 4. The second kappa shape index (κ2) is 6.78. The lowest BCUT2D eigenvalue weighted by Gasteiger charge is -2.35. The zero-order chi connectivity index (χ0) is 17.3. The molecule has 24 heavy (non-hydrogen) atoms. The van der Waals surface area contributed by atoms with Crippen LogP contribution in [0.1, 0.15) is 17.0 Å². The van der Waals surface area contributed by atoms with Crippen LogP contribution in [-0.4, -0.2) is 41.2 Å². The van der Waals surface area contributed by atoms with E-state index in [0.717, 1.165) is 49.7 Å². The third-order valence-corrected chi connectivity index (χ3v) is 4.65. The predicted molar refractivity (Wildman–Crippen MR) is 91.6 cm³/mol. The Morgan fingerprint density at radius 1 is 1.29 bits per heavy atom. The summed E-state index contributed by atoms with van der Waals surface area (Å²) in [6.07, 6.45) is 0. The molecule has 0 N–H and O–H groups in total. The number of nitrogens with zero attached hydrogens (tertiary/aromatic N) is 4. The molecule has 1 fully saturated rings. The van der Waals surface area contributed by atoms with Crippen LogP contribution in [0.2, 0.25) is 5.02 Å². The number of hydrogen-bond acceptors (Lipinski definition) is 6. The lowest BCUT2D eigenvalue weighted by atomic mass is 10.1. The minimum atomic E-state index is -0.378. The molecular weight excluding hydrogens is 332 g/mol. The molecule has 0 spiro atoms. The smallest absolute Gasteiger partial charge is 0.294 e. The van der Waals surface area contributed by atoms with Gasteiger partial charge in [-0.2, -0.15) is 0 Å². The summed E-state index contributed by atoms with van der Waals surface area (Å²) in [5.74, 6) is 0.850. The Morgan fingerprint density at radius 2 is 2.00 bits per heavy atom. The minimum Gasteiger partial charge on any atom is -0.363 e. The molecule has 1 aromatic carbocycles. The van der Waals surface area contributed by atoms with Gasteiger partial charge in [-0.3, -0.25) is 15.0 Å². The molecule has 2 heterocycles. The molecule has 0 unspecified atom stereocenters. The van der Waals surface area contributed by atoms with Gasteiger partial charge in [0.25, 0.3) is 5.69 Å². The first-order valence-corrected chi connectivity index (χ1v) is 8.16. The second-order valence-electron chi connectivity index (χ2n) is 5.96. The number of nitro groups is 1. The average molecular weight is 351 g/mol. The van der Waals surface area contributed by atoms with E-state index in [1.165, 1.54) is 6.07 Å². The SMILES string of the molecule is Cc1noc(C)c1CN1CCN(c2ccc(Cl)cc2[N+](=O)[O-])CC1. The molecule has 0 atom stereocenters. The number of hydrogen-bond donors (Lipinski definition) is 0. The average Bonchev–Trinajstić information content (AvgIpc) is 2.87. The van der Waals surface area contributed by atoms with Crippen molar-refractivity contribution < 1.29 is 9.45 Å². The highest BCUT2D eigenvalue weighted by Gasteiger charge is 2.25. The first-order valence-electron chi connectivity index (χ1n) is 7.78. The Labute approximate surface area is 144 Å². The molecule has 1 aliphatic rings. The van der Waals surface area contributed by atoms with Crippen molar-refractivity contribution in [2.45, 2.75) is 20.4 Å². The highest BCUT2D eigenvalue weighted by Crippen LogP contribution is 2.31. The maximum Gasteiger partial charge on any atom is 0.294 e. The van der Waals surface area contributed by atoms with Crippen LogP contribution < -0.4 is 4.90 Å². The van der Waals surface area contributed by atoms with Gasteiger partial charge in [-0.25, -0.2) is 0 Å². The number of nitro benzene ring substituents is 1. The molecule has 1 aliphatic heterocycles. The summed E-state index contributed by atoms with van der Waals surface area (Å²) >= 11 is 5.89. The zero-order valence-electron chi connectivity index (χ0n) is 13.7. The van der Waals surface area contributed by atoms with E-state index in [9.17, 15) is 10.1 Å². The molecule has 2 aromatic rings. The standard InChI is InChI=1S/C16H19ClN4O3/c1-11-14(12(2)24-18-11)10-19-5-7-20(8-6-19)15-4-3-13(17)9-16(15)21(22)23/h3-4,9H,5-8,10H2,1-2H3. The van der Waals surface area contributed by atoms with Gasteiger partial charge in [0.05, 0.1) is 10.6 Å². The summed E-state index contributed by atoms with van der Waals surface area (Å²) < 4.78 is 5.21. The quantitative estimate of drug-likeness (QED) is 0.622. The van der Waals surface area contributed by atoms with Crippen LogP contribution in [0.3, 0.4) is 0 Å². The van der Waals surface area contributed by atoms with Crippen molar-refractivity contribution in [3.63, 3.8) is 0 Å². The van der Waals surface area contributed by atoms with Gasteiger partial charge in [-0.1, -0.05) is 16.8 Å². The Balaban J connectivity index is 1.68. The third-order valence-electron chi connectivity index (χ3n) is 4.41. The third kappa shape index (κ3) is 3.37. The highest BCUT2D eigenvalue weighted by molar-refractivity contribution is 6.30. The molecule has 128 valence electrons. The van der Waals surface area contributed by atoms with E-state index in [1.54, 1.807) is 12.1 Å². The Hall–Kier alpha value is -2.12. The van der Waals surface area contributed by atoms with Crippen LogP contribution in [0.4, 0.5) is 11.4 Å². The van der Waals surface area contributed by atoms with Crippen LogP contribution >= 0.6 is 11.6 Å². The Morgan fingerprint density at radius 3 is 2.58 bits per heavy atom. The lowest BCUT2D eigenvalue weighted by Crippen LogP contribution is -2.46. The van der Waals surface area contributed by atoms with E-state index >= 15 is 0 Å². The van der Waals surface area contributed by atoms with Crippen molar-refractivity contribution in [2.24, 2.45) is 0 Å². The van der Waals surface area contributed by atoms with E-state index in [-0.39, 0.29) is 10.6 Å². The minimum absolute atomic E-state index is 0.0571. The summed E-state index contributed by atoms with van der Waals surface area (Å²) in [6, 6.07) is 4.83. The van der Waals surface area contributed by atoms with Crippen molar-refractivity contribution >= 4 is 23.0 Å². The molecule has 0 bridgehead atoms. The first kappa shape index (κ1) is 16.7. The molecular formula is C16H19ClN4O3. The molecule has 7 nitrogen and oxygen atoms in total. The van der Waals surface area contributed by atoms with Gasteiger partial charge in [-0.15, -0.1) is 0 Å². The first-order chi connectivity index (χ1) is 11.5. The fraction of sp³-hybridized carbons (Fsp3) is 0.438. The van der Waals surface area contributed by atoms with Gasteiger partial charge in [-0.05, 0) is 26.0 Å². The van der Waals surface area contributed by atoms with Crippen LogP contribution in [0.25, 0.3) is 0 Å². The molecule has 1 saturated heterocycles. The second-order valence-corrected chi connectivity index (χ2v) is 6.39. The van der Waals surface area contributed by atoms with Crippen molar-refractivity contribution in [3.8, 4) is 0 Å². The normalized spacial score (nSPS) is 15.7. The van der Waals surface area contributed by atoms with Crippen molar-refractivity contribution in [3.05, 3.63) is 50.4 Å². The zero-order valence-corrected chi connectivity index (χ0v) is 14.4.